The minimum absolute atomic E-state index is 0.0773. The summed E-state index contributed by atoms with van der Waals surface area (Å²) in [5, 5.41) is 13.8. The van der Waals surface area contributed by atoms with E-state index < -0.39 is 12.1 Å². The number of hydrogen-bond acceptors (Lipinski definition) is 4. The molecule has 2 rings (SSSR count). The number of rotatable bonds is 2. The van der Waals surface area contributed by atoms with Gasteiger partial charge in [-0.2, -0.15) is 13.2 Å². The van der Waals surface area contributed by atoms with Crippen molar-refractivity contribution in [2.24, 2.45) is 0 Å². The molecule has 1 aliphatic heterocycles. The Hall–Kier alpha value is -1.35. The molecule has 1 saturated heterocycles. The highest BCUT2D eigenvalue weighted by Gasteiger charge is 2.30. The van der Waals surface area contributed by atoms with Crippen molar-refractivity contribution in [2.45, 2.75) is 31.2 Å². The molecule has 110 valence electrons. The van der Waals surface area contributed by atoms with Crippen molar-refractivity contribution in [1.29, 1.82) is 0 Å². The van der Waals surface area contributed by atoms with Crippen LogP contribution in [0.4, 0.5) is 13.2 Å². The van der Waals surface area contributed by atoms with Crippen molar-refractivity contribution in [3.63, 3.8) is 0 Å². The number of carboxylic acid groups (broad SMARTS) is 1. The molecule has 6 nitrogen and oxygen atoms in total. The number of quaternary nitrogens is 1. The number of amides is 1. The largest absolute Gasteiger partial charge is 0.542 e. The number of carbonyl (C=O) groups is 2. The van der Waals surface area contributed by atoms with E-state index in [0.29, 0.717) is 12.6 Å². The Morgan fingerprint density at radius 3 is 2.26 bits per heavy atom. The van der Waals surface area contributed by atoms with Gasteiger partial charge in [-0.15, -0.1) is 0 Å². The van der Waals surface area contributed by atoms with Crippen LogP contribution in [-0.4, -0.2) is 49.9 Å². The summed E-state index contributed by atoms with van der Waals surface area (Å²) in [5.74, 6) is -2.93. The lowest BCUT2D eigenvalue weighted by atomic mass is 10.3. The normalized spacial score (nSPS) is 23.0. The fourth-order valence-electron chi connectivity index (χ4n) is 1.34. The van der Waals surface area contributed by atoms with Crippen LogP contribution in [0.5, 0.6) is 0 Å². The third kappa shape index (κ3) is 6.39. The van der Waals surface area contributed by atoms with Crippen LogP contribution < -0.4 is 15.7 Å². The fourth-order valence-corrected chi connectivity index (χ4v) is 1.34. The number of nitrogens with two attached hydrogens (primary N) is 1. The lowest BCUT2D eigenvalue weighted by Gasteiger charge is -2.19. The summed E-state index contributed by atoms with van der Waals surface area (Å²) in [7, 11) is 0. The molecule has 2 fully saturated rings. The topological polar surface area (TPSA) is 95.1 Å². The highest BCUT2D eigenvalue weighted by molar-refractivity contribution is 5.81. The van der Waals surface area contributed by atoms with E-state index in [9.17, 15) is 18.0 Å². The van der Waals surface area contributed by atoms with Gasteiger partial charge in [0.05, 0.1) is 13.2 Å². The fraction of sp³-hybridized carbons (Fsp3) is 0.800. The number of carbonyl (C=O) groups excluding carboxylic acids is 2. The van der Waals surface area contributed by atoms with Crippen LogP contribution in [0.1, 0.15) is 12.8 Å². The van der Waals surface area contributed by atoms with Crippen molar-refractivity contribution in [3.05, 3.63) is 0 Å². The second-order valence-electron chi connectivity index (χ2n) is 4.24. The monoisotopic (exact) mass is 284 g/mol. The second kappa shape index (κ2) is 6.71. The molecule has 1 atom stereocenters. The summed E-state index contributed by atoms with van der Waals surface area (Å²) in [5.41, 5.74) is 0. The van der Waals surface area contributed by atoms with E-state index >= 15 is 0 Å². The van der Waals surface area contributed by atoms with Gasteiger partial charge >= 0.3 is 6.18 Å². The van der Waals surface area contributed by atoms with Crippen LogP contribution in [-0.2, 0) is 14.3 Å². The summed E-state index contributed by atoms with van der Waals surface area (Å²) in [4.78, 5) is 20.2. The summed E-state index contributed by atoms with van der Waals surface area (Å²) in [6.07, 6.45) is -3.12. The molecule has 2 aliphatic rings. The maximum Gasteiger partial charge on any atom is 0.430 e. The summed E-state index contributed by atoms with van der Waals surface area (Å²) >= 11 is 0. The number of nitrogens with one attached hydrogen (secondary N) is 1. The van der Waals surface area contributed by atoms with Gasteiger partial charge in [-0.25, -0.2) is 0 Å². The molecular formula is C10H15F3N2O4. The third-order valence-electron chi connectivity index (χ3n) is 2.47. The molecule has 9 heteroatoms. The Labute approximate surface area is 107 Å². The predicted octanol–water partition coefficient (Wildman–Crippen LogP) is -2.47. The molecule has 0 aromatic rings. The van der Waals surface area contributed by atoms with Gasteiger partial charge in [-0.05, 0) is 12.8 Å². The Morgan fingerprint density at radius 2 is 1.89 bits per heavy atom. The zero-order valence-electron chi connectivity index (χ0n) is 10.0. The predicted molar refractivity (Wildman–Crippen MR) is 53.6 cm³/mol. The lowest BCUT2D eigenvalue weighted by molar-refractivity contribution is -0.674. The van der Waals surface area contributed by atoms with E-state index in [0.717, 1.165) is 25.9 Å². The molecule has 19 heavy (non-hydrogen) atoms. The van der Waals surface area contributed by atoms with Crippen molar-refractivity contribution < 1.29 is 37.9 Å². The standard InChI is InChI=1S/C8H14N2O2.C2HF3O2/c11-8(10-6-1-2-6)7-5-9-3-4-12-7;3-2(4,5)1(6)7/h6-7,9H,1-5H2,(H,10,11);(H,6,7). The Bertz CT molecular complexity index is 325. The second-order valence-corrected chi connectivity index (χ2v) is 4.24. The highest BCUT2D eigenvalue weighted by atomic mass is 19.4. The molecule has 1 aliphatic carbocycles. The van der Waals surface area contributed by atoms with Gasteiger partial charge in [-0.3, -0.25) is 4.79 Å². The summed E-state index contributed by atoms with van der Waals surface area (Å²) in [6.45, 7) is 2.45. The first-order chi connectivity index (χ1) is 8.80. The Morgan fingerprint density at radius 1 is 1.32 bits per heavy atom. The van der Waals surface area contributed by atoms with Gasteiger partial charge in [0.2, 0.25) is 0 Å². The summed E-state index contributed by atoms with van der Waals surface area (Å²) < 4.78 is 36.9. The van der Waals surface area contributed by atoms with Crippen LogP contribution in [0.15, 0.2) is 0 Å². The first-order valence-electron chi connectivity index (χ1n) is 5.82. The van der Waals surface area contributed by atoms with Crippen LogP contribution >= 0.6 is 0 Å². The van der Waals surface area contributed by atoms with Gasteiger partial charge in [0.1, 0.15) is 12.5 Å². The van der Waals surface area contributed by atoms with Gasteiger partial charge in [0.25, 0.3) is 5.91 Å². The molecule has 0 radical (unpaired) electrons. The zero-order chi connectivity index (χ0) is 14.5. The molecule has 0 spiro atoms. The van der Waals surface area contributed by atoms with Crippen molar-refractivity contribution in [3.8, 4) is 0 Å². The average molecular weight is 284 g/mol. The van der Waals surface area contributed by atoms with Gasteiger partial charge < -0.3 is 25.3 Å². The first-order valence-corrected chi connectivity index (χ1v) is 5.82. The summed E-state index contributed by atoms with van der Waals surface area (Å²) in [6, 6.07) is 0.447. The van der Waals surface area contributed by atoms with Gasteiger partial charge in [0, 0.05) is 6.04 Å². The van der Waals surface area contributed by atoms with E-state index in [-0.39, 0.29) is 12.0 Å². The molecule has 3 N–H and O–H groups in total. The van der Waals surface area contributed by atoms with Crippen molar-refractivity contribution >= 4 is 11.9 Å². The van der Waals surface area contributed by atoms with E-state index in [1.807, 2.05) is 0 Å². The average Bonchev–Trinajstić information content (AvgIpc) is 3.13. The van der Waals surface area contributed by atoms with Crippen LogP contribution in [0.25, 0.3) is 0 Å². The van der Waals surface area contributed by atoms with Crippen molar-refractivity contribution in [2.75, 3.05) is 19.7 Å². The Balaban J connectivity index is 0.000000224. The van der Waals surface area contributed by atoms with E-state index in [1.165, 1.54) is 0 Å². The molecule has 1 saturated carbocycles. The number of aliphatic carboxylic acids is 1. The highest BCUT2D eigenvalue weighted by Crippen LogP contribution is 2.18. The molecular weight excluding hydrogens is 269 g/mol. The molecule has 0 aromatic heterocycles. The van der Waals surface area contributed by atoms with E-state index in [2.05, 4.69) is 10.6 Å². The number of morpholine rings is 1. The number of carboxylic acids is 1. The molecule has 0 bridgehead atoms. The van der Waals surface area contributed by atoms with Crippen molar-refractivity contribution in [1.82, 2.24) is 5.32 Å². The zero-order valence-corrected chi connectivity index (χ0v) is 10.0. The number of halogens is 3. The lowest BCUT2D eigenvalue weighted by Crippen LogP contribution is -2.90. The Kier molecular flexibility index (Phi) is 5.55. The minimum atomic E-state index is -5.19. The number of ether oxygens (including phenoxy) is 1. The quantitative estimate of drug-likeness (QED) is 0.587. The van der Waals surface area contributed by atoms with E-state index in [1.54, 1.807) is 0 Å². The third-order valence-corrected chi connectivity index (χ3v) is 2.47. The SMILES string of the molecule is O=C(NC1CC1)C1C[NH2+]CCO1.O=C([O-])C(F)(F)F. The first kappa shape index (κ1) is 15.7. The molecule has 1 amide bonds. The molecule has 1 heterocycles. The maximum atomic E-state index is 11.4. The molecule has 1 unspecified atom stereocenters. The van der Waals surface area contributed by atoms with Gasteiger partial charge in [-0.1, -0.05) is 0 Å². The number of alkyl halides is 3. The smallest absolute Gasteiger partial charge is 0.430 e. The van der Waals surface area contributed by atoms with Crippen LogP contribution in [0.3, 0.4) is 0 Å². The number of hydrogen-bond donors (Lipinski definition) is 2. The van der Waals surface area contributed by atoms with Crippen LogP contribution in [0, 0.1) is 0 Å². The minimum Gasteiger partial charge on any atom is -0.542 e. The maximum absolute atomic E-state index is 11.4. The van der Waals surface area contributed by atoms with E-state index in [4.69, 9.17) is 14.6 Å². The van der Waals surface area contributed by atoms with Crippen LogP contribution in [0.2, 0.25) is 0 Å². The molecule has 0 aromatic carbocycles. The van der Waals surface area contributed by atoms with Gasteiger partial charge in [0.15, 0.2) is 6.10 Å².